The summed E-state index contributed by atoms with van der Waals surface area (Å²) in [6, 6.07) is -0.620. The van der Waals surface area contributed by atoms with E-state index in [2.05, 4.69) is 10.6 Å². The van der Waals surface area contributed by atoms with Crippen molar-refractivity contribution in [3.63, 3.8) is 0 Å². The molecule has 3 rings (SSSR count). The lowest BCUT2D eigenvalue weighted by atomic mass is 10.2. The summed E-state index contributed by atoms with van der Waals surface area (Å²) >= 11 is 0. The van der Waals surface area contributed by atoms with Crippen molar-refractivity contribution in [2.24, 2.45) is 0 Å². The minimum atomic E-state index is -2.97. The smallest absolute Gasteiger partial charge is 0.315 e. The van der Waals surface area contributed by atoms with E-state index in [1.807, 2.05) is 0 Å². The Morgan fingerprint density at radius 3 is 2.71 bits per heavy atom. The lowest BCUT2D eigenvalue weighted by molar-refractivity contribution is -0.160. The van der Waals surface area contributed by atoms with Gasteiger partial charge in [-0.1, -0.05) is 0 Å². The molecule has 2 N–H and O–H groups in total. The van der Waals surface area contributed by atoms with E-state index in [9.17, 15) is 13.2 Å². The highest BCUT2D eigenvalue weighted by Crippen LogP contribution is 2.38. The highest BCUT2D eigenvalue weighted by atomic mass is 32.2. The fraction of sp³-hybridized carbons (Fsp3) is 0.923. The third-order valence-corrected chi connectivity index (χ3v) is 6.10. The van der Waals surface area contributed by atoms with Gasteiger partial charge in [-0.15, -0.1) is 0 Å². The second kappa shape index (κ2) is 5.73. The number of nitrogens with one attached hydrogen (secondary N) is 2. The van der Waals surface area contributed by atoms with Crippen LogP contribution in [0.2, 0.25) is 0 Å². The summed E-state index contributed by atoms with van der Waals surface area (Å²) in [6.07, 6.45) is 4.46. The Morgan fingerprint density at radius 1 is 1.29 bits per heavy atom. The summed E-state index contributed by atoms with van der Waals surface area (Å²) in [5.74, 6) is -0.227. The summed E-state index contributed by atoms with van der Waals surface area (Å²) in [4.78, 5) is 11.8. The molecule has 0 aromatic carbocycles. The van der Waals surface area contributed by atoms with Crippen molar-refractivity contribution in [1.82, 2.24) is 10.6 Å². The number of rotatable bonds is 3. The zero-order chi connectivity index (χ0) is 14.9. The lowest BCUT2D eigenvalue weighted by Gasteiger charge is -2.22. The first-order chi connectivity index (χ1) is 9.96. The second-order valence-electron chi connectivity index (χ2n) is 6.12. The van der Waals surface area contributed by atoms with Crippen LogP contribution in [-0.2, 0) is 19.3 Å². The van der Waals surface area contributed by atoms with E-state index in [0.717, 1.165) is 25.7 Å². The maximum atomic E-state index is 11.8. The van der Waals surface area contributed by atoms with Gasteiger partial charge in [0.25, 0.3) is 0 Å². The standard InChI is InChI=1S/C13H22N2O5S/c16-12(15-10-3-6-21(17,18)9-10)14-7-11-8-19-13(20-11)4-1-2-5-13/h10-11H,1-9H2,(H2,14,15,16)/t10-,11+/m0/s1. The largest absolute Gasteiger partial charge is 0.347 e. The van der Waals surface area contributed by atoms with E-state index >= 15 is 0 Å². The van der Waals surface area contributed by atoms with Crippen molar-refractivity contribution in [1.29, 1.82) is 0 Å². The number of urea groups is 1. The molecule has 8 heteroatoms. The van der Waals surface area contributed by atoms with E-state index in [0.29, 0.717) is 19.6 Å². The molecule has 120 valence electrons. The molecule has 2 saturated heterocycles. The average Bonchev–Trinajstić information content (AvgIpc) is 3.11. The molecule has 1 aliphatic carbocycles. The Labute approximate surface area is 124 Å². The number of hydrogen-bond donors (Lipinski definition) is 2. The van der Waals surface area contributed by atoms with Crippen LogP contribution >= 0.6 is 0 Å². The van der Waals surface area contributed by atoms with E-state index < -0.39 is 15.6 Å². The molecule has 0 aromatic heterocycles. The normalized spacial score (nSPS) is 33.3. The quantitative estimate of drug-likeness (QED) is 0.773. The van der Waals surface area contributed by atoms with Gasteiger partial charge in [0.1, 0.15) is 6.10 Å². The fourth-order valence-electron chi connectivity index (χ4n) is 3.24. The molecule has 2 aliphatic heterocycles. The number of carbonyl (C=O) groups is 1. The molecule has 1 saturated carbocycles. The molecule has 7 nitrogen and oxygen atoms in total. The van der Waals surface area contributed by atoms with Gasteiger partial charge in [0, 0.05) is 25.4 Å². The summed E-state index contributed by atoms with van der Waals surface area (Å²) in [6.45, 7) is 0.880. The van der Waals surface area contributed by atoms with Gasteiger partial charge in [-0.3, -0.25) is 0 Å². The maximum Gasteiger partial charge on any atom is 0.315 e. The van der Waals surface area contributed by atoms with E-state index in [4.69, 9.17) is 9.47 Å². The molecule has 2 amide bonds. The van der Waals surface area contributed by atoms with Crippen molar-refractivity contribution in [2.45, 2.75) is 50.0 Å². The van der Waals surface area contributed by atoms with Crippen LogP contribution < -0.4 is 10.6 Å². The van der Waals surface area contributed by atoms with Crippen LogP contribution in [0.1, 0.15) is 32.1 Å². The van der Waals surface area contributed by atoms with E-state index in [-0.39, 0.29) is 29.7 Å². The van der Waals surface area contributed by atoms with Crippen LogP contribution in [0, 0.1) is 0 Å². The SMILES string of the molecule is O=C(NC[C@@H]1COC2(CCCC2)O1)N[C@H]1CCS(=O)(=O)C1. The Bertz CT molecular complexity index is 501. The van der Waals surface area contributed by atoms with Crippen LogP contribution in [0.25, 0.3) is 0 Å². The molecular weight excluding hydrogens is 296 g/mol. The zero-order valence-electron chi connectivity index (χ0n) is 12.0. The first-order valence-electron chi connectivity index (χ1n) is 7.53. The molecule has 21 heavy (non-hydrogen) atoms. The number of carbonyl (C=O) groups excluding carboxylic acids is 1. The Balaban J connectivity index is 1.39. The van der Waals surface area contributed by atoms with Gasteiger partial charge in [0.15, 0.2) is 15.6 Å². The predicted molar refractivity (Wildman–Crippen MR) is 75.6 cm³/mol. The fourth-order valence-corrected chi connectivity index (χ4v) is 4.92. The van der Waals surface area contributed by atoms with Crippen LogP contribution in [0.15, 0.2) is 0 Å². The van der Waals surface area contributed by atoms with Gasteiger partial charge < -0.3 is 20.1 Å². The lowest BCUT2D eigenvalue weighted by Crippen LogP contribution is -2.45. The number of sulfone groups is 1. The van der Waals surface area contributed by atoms with Crippen molar-refractivity contribution in [3.05, 3.63) is 0 Å². The Hall–Kier alpha value is -0.860. The Kier molecular flexibility index (Phi) is 4.11. The van der Waals surface area contributed by atoms with E-state index in [1.54, 1.807) is 0 Å². The molecule has 3 aliphatic rings. The van der Waals surface area contributed by atoms with Crippen molar-refractivity contribution < 1.29 is 22.7 Å². The number of hydrogen-bond acceptors (Lipinski definition) is 5. The van der Waals surface area contributed by atoms with Crippen LogP contribution in [0.3, 0.4) is 0 Å². The zero-order valence-corrected chi connectivity index (χ0v) is 12.8. The molecule has 0 aromatic rings. The molecule has 2 atom stereocenters. The van der Waals surface area contributed by atoms with Crippen LogP contribution in [0.4, 0.5) is 4.79 Å². The Morgan fingerprint density at radius 2 is 2.05 bits per heavy atom. The van der Waals surface area contributed by atoms with Crippen molar-refractivity contribution in [3.8, 4) is 0 Å². The third kappa shape index (κ3) is 3.67. The van der Waals surface area contributed by atoms with Gasteiger partial charge in [0.05, 0.1) is 18.1 Å². The minimum Gasteiger partial charge on any atom is -0.347 e. The molecule has 3 fully saturated rings. The minimum absolute atomic E-state index is 0.0343. The predicted octanol–water partition coefficient (Wildman–Crippen LogP) is 0.158. The van der Waals surface area contributed by atoms with Gasteiger partial charge >= 0.3 is 6.03 Å². The first-order valence-corrected chi connectivity index (χ1v) is 9.35. The second-order valence-corrected chi connectivity index (χ2v) is 8.35. The summed E-state index contributed by atoms with van der Waals surface area (Å²) in [5.41, 5.74) is 0. The molecule has 1 spiro atoms. The molecule has 0 unspecified atom stereocenters. The molecule has 0 radical (unpaired) electrons. The number of ether oxygens (including phenoxy) is 2. The molecule has 0 bridgehead atoms. The van der Waals surface area contributed by atoms with Crippen molar-refractivity contribution in [2.75, 3.05) is 24.7 Å². The van der Waals surface area contributed by atoms with Crippen LogP contribution in [0.5, 0.6) is 0 Å². The van der Waals surface area contributed by atoms with E-state index in [1.165, 1.54) is 0 Å². The highest BCUT2D eigenvalue weighted by molar-refractivity contribution is 7.91. The molecular formula is C13H22N2O5S. The van der Waals surface area contributed by atoms with Crippen molar-refractivity contribution >= 4 is 15.9 Å². The van der Waals surface area contributed by atoms with Gasteiger partial charge in [0.2, 0.25) is 0 Å². The first kappa shape index (κ1) is 15.1. The van der Waals surface area contributed by atoms with Gasteiger partial charge in [-0.05, 0) is 19.3 Å². The highest BCUT2D eigenvalue weighted by Gasteiger charge is 2.43. The average molecular weight is 318 g/mol. The summed E-state index contributed by atoms with van der Waals surface area (Å²) < 4.78 is 34.3. The van der Waals surface area contributed by atoms with Gasteiger partial charge in [-0.2, -0.15) is 0 Å². The summed E-state index contributed by atoms with van der Waals surface area (Å²) in [5, 5.41) is 5.43. The molecule has 2 heterocycles. The van der Waals surface area contributed by atoms with Gasteiger partial charge in [-0.25, -0.2) is 13.2 Å². The van der Waals surface area contributed by atoms with Crippen LogP contribution in [-0.4, -0.2) is 57.0 Å². The third-order valence-electron chi connectivity index (χ3n) is 4.34. The monoisotopic (exact) mass is 318 g/mol. The number of amides is 2. The maximum absolute atomic E-state index is 11.8. The summed E-state index contributed by atoms with van der Waals surface area (Å²) in [7, 11) is -2.97. The topological polar surface area (TPSA) is 93.7 Å².